The number of likely N-dealkylation sites (tertiary alicyclic amines) is 1. The molecule has 5 rings (SSSR count). The maximum absolute atomic E-state index is 12.4. The van der Waals surface area contributed by atoms with Crippen molar-refractivity contribution in [1.29, 1.82) is 5.26 Å². The molecule has 1 amide bonds. The predicted molar refractivity (Wildman–Crippen MR) is 127 cm³/mol. The molecule has 3 heterocycles. The number of carbonyl (C=O) groups excluding carboxylic acids is 1. The van der Waals surface area contributed by atoms with E-state index in [9.17, 15) is 4.79 Å². The topological polar surface area (TPSA) is 75.0 Å². The standard InChI is InChI=1S/C27H31N3O4/c28-15-21-6-7-24-25(14-21)34-23(18-32-24)16-29-11-8-20(9-12-29)10-13-30-17-26(33-19-27(30)31)22-4-2-1-3-5-22/h1-7,14,20,23,26H,8-13,16-19H2. The van der Waals surface area contributed by atoms with E-state index in [1.165, 1.54) is 0 Å². The van der Waals surface area contributed by atoms with Crippen LogP contribution in [0.15, 0.2) is 48.5 Å². The Morgan fingerprint density at radius 2 is 1.88 bits per heavy atom. The third-order valence-corrected chi connectivity index (χ3v) is 7.09. The monoisotopic (exact) mass is 461 g/mol. The fourth-order valence-electron chi connectivity index (χ4n) is 5.06. The number of benzene rings is 2. The Kier molecular flexibility index (Phi) is 6.98. The number of piperidine rings is 1. The summed E-state index contributed by atoms with van der Waals surface area (Å²) in [7, 11) is 0. The SMILES string of the molecule is N#Cc1ccc2c(c1)OC(CN1CCC(CCN3CC(c4ccccc4)OCC3=O)CC1)CO2. The van der Waals surface area contributed by atoms with E-state index in [2.05, 4.69) is 23.1 Å². The summed E-state index contributed by atoms with van der Waals surface area (Å²) in [5, 5.41) is 9.12. The first-order valence-electron chi connectivity index (χ1n) is 12.2. The van der Waals surface area contributed by atoms with Gasteiger partial charge in [-0.15, -0.1) is 0 Å². The van der Waals surface area contributed by atoms with Crippen molar-refractivity contribution in [3.8, 4) is 17.6 Å². The molecule has 3 aliphatic heterocycles. The maximum Gasteiger partial charge on any atom is 0.248 e. The van der Waals surface area contributed by atoms with Gasteiger partial charge in [0, 0.05) is 19.2 Å². The Labute approximate surface area is 200 Å². The Bertz CT molecular complexity index is 1030. The summed E-state index contributed by atoms with van der Waals surface area (Å²) in [6.07, 6.45) is 3.23. The Morgan fingerprint density at radius 1 is 1.06 bits per heavy atom. The predicted octanol–water partition coefficient (Wildman–Crippen LogP) is 3.40. The van der Waals surface area contributed by atoms with Gasteiger partial charge in [-0.05, 0) is 56.0 Å². The van der Waals surface area contributed by atoms with Gasteiger partial charge in [-0.2, -0.15) is 5.26 Å². The highest BCUT2D eigenvalue weighted by atomic mass is 16.6. The Morgan fingerprint density at radius 3 is 2.68 bits per heavy atom. The van der Waals surface area contributed by atoms with Crippen molar-refractivity contribution >= 4 is 5.91 Å². The van der Waals surface area contributed by atoms with E-state index in [1.807, 2.05) is 23.1 Å². The molecule has 3 aliphatic rings. The minimum atomic E-state index is -0.0344. The molecule has 0 spiro atoms. The van der Waals surface area contributed by atoms with E-state index in [0.29, 0.717) is 36.1 Å². The number of hydrogen-bond acceptors (Lipinski definition) is 6. The van der Waals surface area contributed by atoms with Crippen LogP contribution in [0.1, 0.15) is 36.5 Å². The number of fused-ring (bicyclic) bond motifs is 1. The summed E-state index contributed by atoms with van der Waals surface area (Å²) in [5.41, 5.74) is 1.71. The smallest absolute Gasteiger partial charge is 0.248 e. The number of amides is 1. The average Bonchev–Trinajstić information content (AvgIpc) is 2.89. The highest BCUT2D eigenvalue weighted by Gasteiger charge is 2.29. The van der Waals surface area contributed by atoms with Gasteiger partial charge in [0.25, 0.3) is 0 Å². The van der Waals surface area contributed by atoms with E-state index in [4.69, 9.17) is 19.5 Å². The zero-order valence-electron chi connectivity index (χ0n) is 19.4. The second kappa shape index (κ2) is 10.5. The van der Waals surface area contributed by atoms with Crippen LogP contribution in [0, 0.1) is 17.2 Å². The fraction of sp³-hybridized carbons (Fsp3) is 0.481. The average molecular weight is 462 g/mol. The molecule has 0 radical (unpaired) electrons. The molecule has 2 aromatic rings. The first-order valence-corrected chi connectivity index (χ1v) is 12.2. The number of nitrogens with zero attached hydrogens (tertiary/aromatic N) is 3. The highest BCUT2D eigenvalue weighted by molar-refractivity contribution is 5.78. The van der Waals surface area contributed by atoms with Crippen LogP contribution in [0.25, 0.3) is 0 Å². The van der Waals surface area contributed by atoms with Crippen LogP contribution in [0.4, 0.5) is 0 Å². The van der Waals surface area contributed by atoms with E-state index < -0.39 is 0 Å². The van der Waals surface area contributed by atoms with Gasteiger partial charge in [0.2, 0.25) is 5.91 Å². The number of nitriles is 1. The molecule has 0 bridgehead atoms. The molecule has 2 unspecified atom stereocenters. The van der Waals surface area contributed by atoms with Gasteiger partial charge >= 0.3 is 0 Å². The second-order valence-corrected chi connectivity index (χ2v) is 9.41. The Hall–Kier alpha value is -3.08. The molecule has 2 aromatic carbocycles. The summed E-state index contributed by atoms with van der Waals surface area (Å²) in [4.78, 5) is 16.8. The van der Waals surface area contributed by atoms with Crippen molar-refractivity contribution in [3.05, 3.63) is 59.7 Å². The maximum atomic E-state index is 12.4. The van der Waals surface area contributed by atoms with E-state index in [0.717, 1.165) is 51.0 Å². The van der Waals surface area contributed by atoms with Gasteiger partial charge in [0.15, 0.2) is 11.5 Å². The van der Waals surface area contributed by atoms with Crippen LogP contribution in [0.5, 0.6) is 11.5 Å². The summed E-state index contributed by atoms with van der Waals surface area (Å²) >= 11 is 0. The van der Waals surface area contributed by atoms with E-state index in [1.54, 1.807) is 18.2 Å². The van der Waals surface area contributed by atoms with Crippen LogP contribution in [0.3, 0.4) is 0 Å². The van der Waals surface area contributed by atoms with Crippen molar-refractivity contribution in [1.82, 2.24) is 9.80 Å². The molecular weight excluding hydrogens is 430 g/mol. The van der Waals surface area contributed by atoms with Crippen molar-refractivity contribution < 1.29 is 19.0 Å². The van der Waals surface area contributed by atoms with Gasteiger partial charge < -0.3 is 19.1 Å². The van der Waals surface area contributed by atoms with Crippen LogP contribution in [0.2, 0.25) is 0 Å². The fourth-order valence-corrected chi connectivity index (χ4v) is 5.06. The van der Waals surface area contributed by atoms with Crippen molar-refractivity contribution in [2.45, 2.75) is 31.5 Å². The molecule has 2 atom stereocenters. The lowest BCUT2D eigenvalue weighted by atomic mass is 9.93. The van der Waals surface area contributed by atoms with Gasteiger partial charge in [-0.3, -0.25) is 9.69 Å². The summed E-state index contributed by atoms with van der Waals surface area (Å²) in [6.45, 7) is 5.01. The second-order valence-electron chi connectivity index (χ2n) is 9.41. The lowest BCUT2D eigenvalue weighted by Crippen LogP contribution is -2.46. The third kappa shape index (κ3) is 5.35. The quantitative estimate of drug-likeness (QED) is 0.657. The first kappa shape index (κ1) is 22.7. The van der Waals surface area contributed by atoms with E-state index in [-0.39, 0.29) is 24.7 Å². The molecule has 0 aliphatic carbocycles. The van der Waals surface area contributed by atoms with Gasteiger partial charge in [0.1, 0.15) is 25.4 Å². The molecule has 2 saturated heterocycles. The minimum Gasteiger partial charge on any atom is -0.486 e. The van der Waals surface area contributed by atoms with Gasteiger partial charge in [0.05, 0.1) is 18.2 Å². The lowest BCUT2D eigenvalue weighted by molar-refractivity contribution is -0.149. The summed E-state index contributed by atoms with van der Waals surface area (Å²) in [6, 6.07) is 17.6. The molecule has 7 heteroatoms. The number of hydrogen-bond donors (Lipinski definition) is 0. The highest BCUT2D eigenvalue weighted by Crippen LogP contribution is 2.33. The van der Waals surface area contributed by atoms with Crippen molar-refractivity contribution in [3.63, 3.8) is 0 Å². The molecule has 2 fully saturated rings. The molecular formula is C27H31N3O4. The van der Waals surface area contributed by atoms with E-state index >= 15 is 0 Å². The Balaban J connectivity index is 1.06. The number of morpholine rings is 1. The third-order valence-electron chi connectivity index (χ3n) is 7.09. The molecule has 7 nitrogen and oxygen atoms in total. The number of rotatable bonds is 6. The minimum absolute atomic E-state index is 0.0288. The number of carbonyl (C=O) groups is 1. The first-order chi connectivity index (χ1) is 16.7. The van der Waals surface area contributed by atoms with Crippen LogP contribution in [-0.2, 0) is 9.53 Å². The van der Waals surface area contributed by atoms with Gasteiger partial charge in [-0.25, -0.2) is 0 Å². The normalized spacial score (nSPS) is 23.5. The van der Waals surface area contributed by atoms with Crippen LogP contribution >= 0.6 is 0 Å². The summed E-state index contributed by atoms with van der Waals surface area (Å²) < 4.78 is 17.7. The largest absolute Gasteiger partial charge is 0.486 e. The summed E-state index contributed by atoms with van der Waals surface area (Å²) in [5.74, 6) is 2.10. The van der Waals surface area contributed by atoms with Crippen LogP contribution < -0.4 is 9.47 Å². The zero-order chi connectivity index (χ0) is 23.3. The zero-order valence-corrected chi connectivity index (χ0v) is 19.4. The number of ether oxygens (including phenoxy) is 3. The van der Waals surface area contributed by atoms with Crippen molar-refractivity contribution in [2.24, 2.45) is 5.92 Å². The molecule has 34 heavy (non-hydrogen) atoms. The molecule has 0 N–H and O–H groups in total. The van der Waals surface area contributed by atoms with Crippen LogP contribution in [-0.4, -0.2) is 67.7 Å². The molecule has 0 aromatic heterocycles. The lowest BCUT2D eigenvalue weighted by Gasteiger charge is -2.37. The molecule has 178 valence electrons. The van der Waals surface area contributed by atoms with Gasteiger partial charge in [-0.1, -0.05) is 30.3 Å². The van der Waals surface area contributed by atoms with Crippen molar-refractivity contribution in [2.75, 3.05) is 45.9 Å². The molecule has 0 saturated carbocycles.